The molecule has 106 valence electrons. The van der Waals surface area contributed by atoms with Crippen molar-refractivity contribution in [2.24, 2.45) is 0 Å². The average Bonchev–Trinajstić information content (AvgIpc) is 3.14. The summed E-state index contributed by atoms with van der Waals surface area (Å²) < 4.78 is 7.08. The first-order valence-electron chi connectivity index (χ1n) is 6.73. The number of hydrogen-bond donors (Lipinski definition) is 1. The van der Waals surface area contributed by atoms with Crippen LogP contribution in [0.5, 0.6) is 0 Å². The van der Waals surface area contributed by atoms with Crippen LogP contribution in [0.2, 0.25) is 0 Å². The van der Waals surface area contributed by atoms with Gasteiger partial charge in [0, 0.05) is 31.4 Å². The van der Waals surface area contributed by atoms with Crippen molar-refractivity contribution in [1.29, 1.82) is 0 Å². The Morgan fingerprint density at radius 3 is 3.10 bits per heavy atom. The summed E-state index contributed by atoms with van der Waals surface area (Å²) in [6.45, 7) is 0.547. The summed E-state index contributed by atoms with van der Waals surface area (Å²) in [4.78, 5) is 16.1. The van der Waals surface area contributed by atoms with E-state index >= 15 is 0 Å². The van der Waals surface area contributed by atoms with E-state index in [1.54, 1.807) is 24.5 Å². The number of amides is 1. The molecule has 0 aliphatic rings. The highest BCUT2D eigenvalue weighted by molar-refractivity contribution is 5.91. The van der Waals surface area contributed by atoms with Crippen molar-refractivity contribution in [3.05, 3.63) is 66.5 Å². The SMILES string of the molecule is O=C(/C=C/c1ccco1)NCCc1cn2ccccc2n1. The zero-order valence-corrected chi connectivity index (χ0v) is 11.4. The lowest BCUT2D eigenvalue weighted by molar-refractivity contribution is -0.116. The number of fused-ring (bicyclic) bond motifs is 1. The van der Waals surface area contributed by atoms with Crippen LogP contribution in [0, 0.1) is 0 Å². The van der Waals surface area contributed by atoms with Crippen LogP contribution in [0.4, 0.5) is 0 Å². The monoisotopic (exact) mass is 281 g/mol. The van der Waals surface area contributed by atoms with Crippen LogP contribution < -0.4 is 5.32 Å². The van der Waals surface area contributed by atoms with Gasteiger partial charge in [0.05, 0.1) is 12.0 Å². The molecule has 0 saturated carbocycles. The summed E-state index contributed by atoms with van der Waals surface area (Å²) in [6, 6.07) is 9.43. The van der Waals surface area contributed by atoms with Gasteiger partial charge in [0.15, 0.2) is 0 Å². The lowest BCUT2D eigenvalue weighted by Gasteiger charge is -1.99. The Morgan fingerprint density at radius 2 is 2.29 bits per heavy atom. The molecule has 5 heteroatoms. The van der Waals surface area contributed by atoms with Crippen LogP contribution in [0.1, 0.15) is 11.5 Å². The maximum atomic E-state index is 11.6. The van der Waals surface area contributed by atoms with Gasteiger partial charge in [0.25, 0.3) is 0 Å². The zero-order valence-electron chi connectivity index (χ0n) is 11.4. The van der Waals surface area contributed by atoms with Gasteiger partial charge in [-0.05, 0) is 30.3 Å². The predicted molar refractivity (Wildman–Crippen MR) is 79.6 cm³/mol. The van der Waals surface area contributed by atoms with Crippen molar-refractivity contribution in [3.63, 3.8) is 0 Å². The number of furan rings is 1. The number of nitrogens with one attached hydrogen (secondary N) is 1. The highest BCUT2D eigenvalue weighted by atomic mass is 16.3. The molecule has 3 rings (SSSR count). The van der Waals surface area contributed by atoms with E-state index in [1.807, 2.05) is 35.0 Å². The van der Waals surface area contributed by atoms with Gasteiger partial charge in [-0.15, -0.1) is 0 Å². The average molecular weight is 281 g/mol. The summed E-state index contributed by atoms with van der Waals surface area (Å²) >= 11 is 0. The molecule has 1 amide bonds. The number of aromatic nitrogens is 2. The second kappa shape index (κ2) is 6.09. The van der Waals surface area contributed by atoms with E-state index in [-0.39, 0.29) is 5.91 Å². The molecule has 0 fully saturated rings. The molecule has 0 aromatic carbocycles. The minimum absolute atomic E-state index is 0.143. The molecule has 1 N–H and O–H groups in total. The van der Waals surface area contributed by atoms with Crippen molar-refractivity contribution in [3.8, 4) is 0 Å². The second-order valence-corrected chi connectivity index (χ2v) is 4.59. The minimum Gasteiger partial charge on any atom is -0.465 e. The highest BCUT2D eigenvalue weighted by Crippen LogP contribution is 2.05. The van der Waals surface area contributed by atoms with E-state index in [4.69, 9.17) is 4.42 Å². The van der Waals surface area contributed by atoms with Crippen LogP contribution in [0.25, 0.3) is 11.7 Å². The number of carbonyl (C=O) groups is 1. The van der Waals surface area contributed by atoms with Crippen molar-refractivity contribution in [2.75, 3.05) is 6.54 Å². The summed E-state index contributed by atoms with van der Waals surface area (Å²) in [5.74, 6) is 0.515. The van der Waals surface area contributed by atoms with E-state index < -0.39 is 0 Å². The number of pyridine rings is 1. The first-order chi connectivity index (χ1) is 10.3. The van der Waals surface area contributed by atoms with Gasteiger partial charge in [0.2, 0.25) is 5.91 Å². The van der Waals surface area contributed by atoms with Crippen molar-refractivity contribution < 1.29 is 9.21 Å². The third kappa shape index (κ3) is 3.39. The fraction of sp³-hybridized carbons (Fsp3) is 0.125. The summed E-state index contributed by atoms with van der Waals surface area (Å²) in [5, 5.41) is 2.82. The standard InChI is InChI=1S/C16H15N3O2/c20-16(7-6-14-4-3-11-21-14)17-9-8-13-12-19-10-2-1-5-15(19)18-13/h1-7,10-12H,8-9H2,(H,17,20)/b7-6+. The van der Waals surface area contributed by atoms with Crippen LogP contribution >= 0.6 is 0 Å². The Hall–Kier alpha value is -2.82. The largest absolute Gasteiger partial charge is 0.465 e. The molecule has 0 aliphatic carbocycles. The van der Waals surface area contributed by atoms with E-state index in [0.717, 1.165) is 11.3 Å². The number of nitrogens with zero attached hydrogens (tertiary/aromatic N) is 2. The molecular weight excluding hydrogens is 266 g/mol. The summed E-state index contributed by atoms with van der Waals surface area (Å²) in [5.41, 5.74) is 1.87. The Morgan fingerprint density at radius 1 is 1.33 bits per heavy atom. The zero-order chi connectivity index (χ0) is 14.5. The molecule has 21 heavy (non-hydrogen) atoms. The molecule has 5 nitrogen and oxygen atoms in total. The lowest BCUT2D eigenvalue weighted by Crippen LogP contribution is -2.23. The number of carbonyl (C=O) groups excluding carboxylic acids is 1. The number of imidazole rings is 1. The van der Waals surface area contributed by atoms with E-state index in [0.29, 0.717) is 18.7 Å². The lowest BCUT2D eigenvalue weighted by atomic mass is 10.3. The second-order valence-electron chi connectivity index (χ2n) is 4.59. The van der Waals surface area contributed by atoms with E-state index in [2.05, 4.69) is 10.3 Å². The molecule has 0 radical (unpaired) electrons. The first kappa shape index (κ1) is 13.2. The van der Waals surface area contributed by atoms with E-state index in [9.17, 15) is 4.79 Å². The van der Waals surface area contributed by atoms with Crippen LogP contribution in [-0.2, 0) is 11.2 Å². The van der Waals surface area contributed by atoms with Crippen LogP contribution in [0.3, 0.4) is 0 Å². The summed E-state index contributed by atoms with van der Waals surface area (Å²) in [7, 11) is 0. The van der Waals surface area contributed by atoms with Crippen molar-refractivity contribution in [2.45, 2.75) is 6.42 Å². The van der Waals surface area contributed by atoms with Gasteiger partial charge in [-0.25, -0.2) is 4.98 Å². The molecule has 0 aliphatic heterocycles. The maximum absolute atomic E-state index is 11.6. The Balaban J connectivity index is 1.50. The molecule has 0 unspecified atom stereocenters. The molecule has 0 atom stereocenters. The molecule has 3 aromatic rings. The molecule has 0 spiro atoms. The molecule has 3 heterocycles. The van der Waals surface area contributed by atoms with Gasteiger partial charge < -0.3 is 14.1 Å². The topological polar surface area (TPSA) is 59.5 Å². The molecule has 0 bridgehead atoms. The third-order valence-corrected chi connectivity index (χ3v) is 3.04. The van der Waals surface area contributed by atoms with Gasteiger partial charge in [-0.1, -0.05) is 6.07 Å². The fourth-order valence-electron chi connectivity index (χ4n) is 2.02. The Bertz CT molecular complexity index is 724. The number of hydrogen-bond acceptors (Lipinski definition) is 3. The van der Waals surface area contributed by atoms with Gasteiger partial charge in [-0.2, -0.15) is 0 Å². The number of rotatable bonds is 5. The molecular formula is C16H15N3O2. The van der Waals surface area contributed by atoms with E-state index in [1.165, 1.54) is 6.08 Å². The maximum Gasteiger partial charge on any atom is 0.244 e. The minimum atomic E-state index is -0.143. The van der Waals surface area contributed by atoms with Gasteiger partial charge in [-0.3, -0.25) is 4.79 Å². The normalized spacial score (nSPS) is 11.2. The quantitative estimate of drug-likeness (QED) is 0.730. The highest BCUT2D eigenvalue weighted by Gasteiger charge is 2.01. The van der Waals surface area contributed by atoms with Crippen LogP contribution in [-0.4, -0.2) is 21.8 Å². The van der Waals surface area contributed by atoms with Crippen molar-refractivity contribution >= 4 is 17.6 Å². The Kier molecular flexibility index (Phi) is 3.82. The molecule has 0 saturated heterocycles. The van der Waals surface area contributed by atoms with Gasteiger partial charge >= 0.3 is 0 Å². The smallest absolute Gasteiger partial charge is 0.244 e. The Labute approximate surface area is 121 Å². The fourth-order valence-corrected chi connectivity index (χ4v) is 2.02. The van der Waals surface area contributed by atoms with Gasteiger partial charge in [0.1, 0.15) is 11.4 Å². The van der Waals surface area contributed by atoms with Crippen molar-refractivity contribution in [1.82, 2.24) is 14.7 Å². The predicted octanol–water partition coefficient (Wildman–Crippen LogP) is 2.30. The summed E-state index contributed by atoms with van der Waals surface area (Å²) in [6.07, 6.45) is 9.29. The van der Waals surface area contributed by atoms with Crippen LogP contribution in [0.15, 0.2) is 59.5 Å². The molecule has 3 aromatic heterocycles. The first-order valence-corrected chi connectivity index (χ1v) is 6.73. The third-order valence-electron chi connectivity index (χ3n) is 3.04.